The molecule has 128 valence electrons. The third kappa shape index (κ3) is 3.50. The van der Waals surface area contributed by atoms with Crippen LogP contribution in [0.2, 0.25) is 10.0 Å². The Hall–Kier alpha value is -2.62. The van der Waals surface area contributed by atoms with Crippen LogP contribution in [0.5, 0.6) is 0 Å². The van der Waals surface area contributed by atoms with Crippen LogP contribution in [-0.4, -0.2) is 15.0 Å². The predicted molar refractivity (Wildman–Crippen MR) is 107 cm³/mol. The largest absolute Gasteiger partial charge is 0.341 e. The minimum Gasteiger partial charge on any atom is -0.341 e. The standard InChI is InChI=1S/C21H15Cl2N3/c22-15-9-10-17(18(23)12-15)21-20(14-6-2-1-3-7-14)25-19(26-21)13-16-8-4-5-11-24-16/h1-12H,13H2,(H,25,26). The van der Waals surface area contributed by atoms with Crippen molar-refractivity contribution in [3.8, 4) is 22.5 Å². The van der Waals surface area contributed by atoms with Crippen LogP contribution in [0.15, 0.2) is 72.9 Å². The Bertz CT molecular complexity index is 1030. The van der Waals surface area contributed by atoms with Gasteiger partial charge in [-0.1, -0.05) is 59.6 Å². The van der Waals surface area contributed by atoms with Gasteiger partial charge in [-0.3, -0.25) is 4.98 Å². The van der Waals surface area contributed by atoms with E-state index in [9.17, 15) is 0 Å². The summed E-state index contributed by atoms with van der Waals surface area (Å²) < 4.78 is 0. The first-order valence-electron chi connectivity index (χ1n) is 8.20. The van der Waals surface area contributed by atoms with Crippen molar-refractivity contribution < 1.29 is 0 Å². The monoisotopic (exact) mass is 379 g/mol. The van der Waals surface area contributed by atoms with Crippen LogP contribution in [0.4, 0.5) is 0 Å². The van der Waals surface area contributed by atoms with E-state index < -0.39 is 0 Å². The van der Waals surface area contributed by atoms with Gasteiger partial charge < -0.3 is 4.98 Å². The molecule has 0 unspecified atom stereocenters. The maximum Gasteiger partial charge on any atom is 0.113 e. The number of hydrogen-bond acceptors (Lipinski definition) is 2. The van der Waals surface area contributed by atoms with E-state index in [2.05, 4.69) is 9.97 Å². The lowest BCUT2D eigenvalue weighted by molar-refractivity contribution is 0.978. The van der Waals surface area contributed by atoms with Crippen LogP contribution in [0.3, 0.4) is 0 Å². The number of halogens is 2. The molecule has 4 aromatic rings. The molecule has 0 spiro atoms. The zero-order chi connectivity index (χ0) is 17.9. The third-order valence-electron chi connectivity index (χ3n) is 4.08. The van der Waals surface area contributed by atoms with Gasteiger partial charge in [0, 0.05) is 34.5 Å². The topological polar surface area (TPSA) is 41.6 Å². The first kappa shape index (κ1) is 16.8. The van der Waals surface area contributed by atoms with Crippen molar-refractivity contribution in [3.63, 3.8) is 0 Å². The summed E-state index contributed by atoms with van der Waals surface area (Å²) in [6, 6.07) is 21.4. The van der Waals surface area contributed by atoms with Gasteiger partial charge in [-0.2, -0.15) is 0 Å². The SMILES string of the molecule is Clc1ccc(-c2[nH]c(Cc3ccccn3)nc2-c2ccccc2)c(Cl)c1. The fourth-order valence-corrected chi connectivity index (χ4v) is 3.38. The van der Waals surface area contributed by atoms with Gasteiger partial charge in [-0.25, -0.2) is 4.98 Å². The lowest BCUT2D eigenvalue weighted by Crippen LogP contribution is -1.93. The zero-order valence-corrected chi connectivity index (χ0v) is 15.3. The van der Waals surface area contributed by atoms with Crippen molar-refractivity contribution in [1.29, 1.82) is 0 Å². The molecule has 2 heterocycles. The minimum absolute atomic E-state index is 0.586. The highest BCUT2D eigenvalue weighted by molar-refractivity contribution is 6.36. The highest BCUT2D eigenvalue weighted by Crippen LogP contribution is 2.35. The van der Waals surface area contributed by atoms with E-state index in [0.717, 1.165) is 34.0 Å². The number of H-pyrrole nitrogens is 1. The predicted octanol–water partition coefficient (Wildman–Crippen LogP) is 6.04. The van der Waals surface area contributed by atoms with Crippen LogP contribution in [0.25, 0.3) is 22.5 Å². The molecular weight excluding hydrogens is 365 g/mol. The maximum absolute atomic E-state index is 6.45. The molecule has 0 saturated heterocycles. The second-order valence-electron chi connectivity index (χ2n) is 5.90. The Morgan fingerprint density at radius 3 is 2.42 bits per heavy atom. The first-order valence-corrected chi connectivity index (χ1v) is 8.96. The molecule has 2 aromatic heterocycles. The lowest BCUT2D eigenvalue weighted by Gasteiger charge is -2.06. The molecule has 0 amide bonds. The summed E-state index contributed by atoms with van der Waals surface area (Å²) >= 11 is 12.5. The number of benzene rings is 2. The van der Waals surface area contributed by atoms with E-state index in [1.54, 1.807) is 12.3 Å². The summed E-state index contributed by atoms with van der Waals surface area (Å²) in [4.78, 5) is 12.6. The number of nitrogens with one attached hydrogen (secondary N) is 1. The molecule has 0 atom stereocenters. The van der Waals surface area contributed by atoms with E-state index in [0.29, 0.717) is 16.5 Å². The van der Waals surface area contributed by atoms with Crippen molar-refractivity contribution in [2.75, 3.05) is 0 Å². The Balaban J connectivity index is 1.83. The molecule has 4 rings (SSSR count). The Labute approximate surface area is 161 Å². The average Bonchev–Trinajstić information content (AvgIpc) is 3.07. The van der Waals surface area contributed by atoms with Gasteiger partial charge in [0.2, 0.25) is 0 Å². The Kier molecular flexibility index (Phi) is 4.74. The normalized spacial score (nSPS) is 10.8. The van der Waals surface area contributed by atoms with Crippen molar-refractivity contribution in [1.82, 2.24) is 15.0 Å². The van der Waals surface area contributed by atoms with E-state index >= 15 is 0 Å². The molecule has 0 aliphatic rings. The van der Waals surface area contributed by atoms with E-state index in [-0.39, 0.29) is 0 Å². The fraction of sp³-hybridized carbons (Fsp3) is 0.0476. The van der Waals surface area contributed by atoms with Crippen LogP contribution < -0.4 is 0 Å². The van der Waals surface area contributed by atoms with Crippen molar-refractivity contribution in [3.05, 3.63) is 94.5 Å². The van der Waals surface area contributed by atoms with Gasteiger partial charge in [0.15, 0.2) is 0 Å². The summed E-state index contributed by atoms with van der Waals surface area (Å²) in [6.07, 6.45) is 2.40. The van der Waals surface area contributed by atoms with E-state index in [4.69, 9.17) is 28.2 Å². The van der Waals surface area contributed by atoms with Crippen LogP contribution in [0.1, 0.15) is 11.5 Å². The highest BCUT2D eigenvalue weighted by Gasteiger charge is 2.17. The van der Waals surface area contributed by atoms with Crippen LogP contribution in [-0.2, 0) is 6.42 Å². The summed E-state index contributed by atoms with van der Waals surface area (Å²) in [7, 11) is 0. The van der Waals surface area contributed by atoms with Gasteiger partial charge in [0.1, 0.15) is 5.82 Å². The molecule has 0 aliphatic carbocycles. The van der Waals surface area contributed by atoms with Gasteiger partial charge >= 0.3 is 0 Å². The summed E-state index contributed by atoms with van der Waals surface area (Å²) in [5.74, 6) is 0.837. The molecule has 2 aromatic carbocycles. The highest BCUT2D eigenvalue weighted by atomic mass is 35.5. The number of hydrogen-bond donors (Lipinski definition) is 1. The number of rotatable bonds is 4. The fourth-order valence-electron chi connectivity index (χ4n) is 2.87. The minimum atomic E-state index is 0.586. The zero-order valence-electron chi connectivity index (χ0n) is 13.8. The lowest BCUT2D eigenvalue weighted by atomic mass is 10.1. The molecule has 0 aliphatic heterocycles. The summed E-state index contributed by atoms with van der Waals surface area (Å²) in [6.45, 7) is 0. The smallest absolute Gasteiger partial charge is 0.113 e. The molecule has 26 heavy (non-hydrogen) atoms. The molecule has 1 N–H and O–H groups in total. The second-order valence-corrected chi connectivity index (χ2v) is 6.74. The maximum atomic E-state index is 6.45. The Morgan fingerprint density at radius 2 is 1.69 bits per heavy atom. The second kappa shape index (κ2) is 7.32. The molecular formula is C21H15Cl2N3. The molecule has 5 heteroatoms. The summed E-state index contributed by atoms with van der Waals surface area (Å²) in [5, 5.41) is 1.19. The molecule has 0 saturated carbocycles. The van der Waals surface area contributed by atoms with E-state index in [1.807, 2.05) is 60.7 Å². The number of aromatic nitrogens is 3. The first-order chi connectivity index (χ1) is 12.7. The Morgan fingerprint density at radius 1 is 0.885 bits per heavy atom. The number of aromatic amines is 1. The van der Waals surface area contributed by atoms with Gasteiger partial charge in [-0.05, 0) is 30.3 Å². The molecule has 0 radical (unpaired) electrons. The molecule has 0 fully saturated rings. The number of pyridine rings is 1. The van der Waals surface area contributed by atoms with Crippen molar-refractivity contribution in [2.45, 2.75) is 6.42 Å². The van der Waals surface area contributed by atoms with Crippen LogP contribution >= 0.6 is 23.2 Å². The van der Waals surface area contributed by atoms with Gasteiger partial charge in [0.05, 0.1) is 16.4 Å². The van der Waals surface area contributed by atoms with Crippen molar-refractivity contribution >= 4 is 23.2 Å². The summed E-state index contributed by atoms with van der Waals surface area (Å²) in [5.41, 5.74) is 4.59. The van der Waals surface area contributed by atoms with Gasteiger partial charge in [0.25, 0.3) is 0 Å². The number of imidazole rings is 1. The van der Waals surface area contributed by atoms with Gasteiger partial charge in [-0.15, -0.1) is 0 Å². The molecule has 0 bridgehead atoms. The van der Waals surface area contributed by atoms with Crippen molar-refractivity contribution in [2.24, 2.45) is 0 Å². The number of nitrogens with zero attached hydrogens (tertiary/aromatic N) is 2. The van der Waals surface area contributed by atoms with E-state index in [1.165, 1.54) is 0 Å². The third-order valence-corrected chi connectivity index (χ3v) is 4.62. The van der Waals surface area contributed by atoms with Crippen LogP contribution in [0, 0.1) is 0 Å². The average molecular weight is 380 g/mol. The quantitative estimate of drug-likeness (QED) is 0.469. The molecule has 3 nitrogen and oxygen atoms in total.